The van der Waals surface area contributed by atoms with Gasteiger partial charge in [0, 0.05) is 37.7 Å². The summed E-state index contributed by atoms with van der Waals surface area (Å²) in [5, 5.41) is 4.64. The van der Waals surface area contributed by atoms with Crippen LogP contribution in [0.5, 0.6) is 0 Å². The zero-order chi connectivity index (χ0) is 13.0. The van der Waals surface area contributed by atoms with Crippen molar-refractivity contribution in [3.05, 3.63) is 10.6 Å². The molecule has 1 aromatic rings. The molecule has 0 saturated heterocycles. The van der Waals surface area contributed by atoms with Gasteiger partial charge in [0.05, 0.1) is 12.3 Å². The molecule has 2 rings (SSSR count). The Morgan fingerprint density at radius 2 is 2.28 bits per heavy atom. The van der Waals surface area contributed by atoms with Crippen molar-refractivity contribution in [1.29, 1.82) is 0 Å². The van der Waals surface area contributed by atoms with Crippen LogP contribution in [0.2, 0.25) is 0 Å². The van der Waals surface area contributed by atoms with Gasteiger partial charge in [-0.1, -0.05) is 0 Å². The summed E-state index contributed by atoms with van der Waals surface area (Å²) in [7, 11) is 2.08. The summed E-state index contributed by atoms with van der Waals surface area (Å²) >= 11 is 1.79. The van der Waals surface area contributed by atoms with Gasteiger partial charge in [-0.2, -0.15) is 0 Å². The maximum Gasteiger partial charge on any atom is 0.185 e. The Bertz CT molecular complexity index is 376. The summed E-state index contributed by atoms with van der Waals surface area (Å²) < 4.78 is 5.37. The Morgan fingerprint density at radius 1 is 1.50 bits per heavy atom. The fourth-order valence-electron chi connectivity index (χ4n) is 1.71. The lowest BCUT2D eigenvalue weighted by Crippen LogP contribution is -2.22. The molecule has 0 unspecified atom stereocenters. The molecule has 1 saturated carbocycles. The highest BCUT2D eigenvalue weighted by atomic mass is 32.1. The molecule has 1 heterocycles. The van der Waals surface area contributed by atoms with Crippen molar-refractivity contribution in [2.75, 3.05) is 31.7 Å². The summed E-state index contributed by atoms with van der Waals surface area (Å²) in [6, 6.07) is 0.755. The summed E-state index contributed by atoms with van der Waals surface area (Å²) in [6.07, 6.45) is 2.66. The molecule has 0 spiro atoms. The van der Waals surface area contributed by atoms with Crippen LogP contribution in [-0.2, 0) is 11.3 Å². The number of nitrogens with one attached hydrogen (secondary N) is 1. The molecule has 18 heavy (non-hydrogen) atoms. The summed E-state index contributed by atoms with van der Waals surface area (Å²) in [5.74, 6) is 0. The minimum Gasteiger partial charge on any atom is -0.380 e. The predicted molar refractivity (Wildman–Crippen MR) is 76.5 cm³/mol. The monoisotopic (exact) mass is 269 g/mol. The smallest absolute Gasteiger partial charge is 0.185 e. The SMILES string of the molecule is CCOCCN(C)c1nc(C)c(CNC2CC2)s1. The molecule has 5 heteroatoms. The third-order valence-corrected chi connectivity index (χ3v) is 4.38. The first-order valence-electron chi connectivity index (χ1n) is 6.69. The van der Waals surface area contributed by atoms with Crippen LogP contribution in [0.1, 0.15) is 30.3 Å². The summed E-state index contributed by atoms with van der Waals surface area (Å²) in [6.45, 7) is 7.53. The quantitative estimate of drug-likeness (QED) is 0.734. The van der Waals surface area contributed by atoms with Crippen LogP contribution in [0.3, 0.4) is 0 Å². The number of likely N-dealkylation sites (N-methyl/N-ethyl adjacent to an activating group) is 1. The molecule has 0 amide bonds. The lowest BCUT2D eigenvalue weighted by Gasteiger charge is -2.14. The van der Waals surface area contributed by atoms with Crippen LogP contribution in [0.15, 0.2) is 0 Å². The largest absolute Gasteiger partial charge is 0.380 e. The van der Waals surface area contributed by atoms with E-state index in [1.807, 2.05) is 6.92 Å². The van der Waals surface area contributed by atoms with E-state index in [1.54, 1.807) is 11.3 Å². The van der Waals surface area contributed by atoms with Gasteiger partial charge in [-0.05, 0) is 26.7 Å². The molecule has 0 aliphatic heterocycles. The lowest BCUT2D eigenvalue weighted by molar-refractivity contribution is 0.154. The third kappa shape index (κ3) is 3.93. The minimum absolute atomic E-state index is 0.755. The third-order valence-electron chi connectivity index (χ3n) is 3.11. The second-order valence-corrected chi connectivity index (χ2v) is 5.84. The van der Waals surface area contributed by atoms with Gasteiger partial charge < -0.3 is 15.0 Å². The molecule has 102 valence electrons. The Kier molecular flexibility index (Phi) is 4.97. The number of rotatable bonds is 8. The fourth-order valence-corrected chi connectivity index (χ4v) is 2.70. The van der Waals surface area contributed by atoms with Crippen LogP contribution in [0, 0.1) is 6.92 Å². The first-order chi connectivity index (χ1) is 8.70. The van der Waals surface area contributed by atoms with E-state index in [-0.39, 0.29) is 0 Å². The maximum absolute atomic E-state index is 5.37. The van der Waals surface area contributed by atoms with Crippen molar-refractivity contribution >= 4 is 16.5 Å². The predicted octanol–water partition coefficient (Wildman–Crippen LogP) is 2.18. The lowest BCUT2D eigenvalue weighted by atomic mass is 10.4. The van der Waals surface area contributed by atoms with E-state index in [0.29, 0.717) is 0 Å². The van der Waals surface area contributed by atoms with Gasteiger partial charge in [0.15, 0.2) is 5.13 Å². The van der Waals surface area contributed by atoms with Crippen LogP contribution >= 0.6 is 11.3 Å². The number of aryl methyl sites for hydroxylation is 1. The Labute approximate surface area is 113 Å². The standard InChI is InChI=1S/C13H23N3OS/c1-4-17-8-7-16(3)13-15-10(2)12(18-13)9-14-11-5-6-11/h11,14H,4-9H2,1-3H3. The number of anilines is 1. The highest BCUT2D eigenvalue weighted by molar-refractivity contribution is 7.15. The summed E-state index contributed by atoms with van der Waals surface area (Å²) in [5.41, 5.74) is 1.16. The molecule has 1 N–H and O–H groups in total. The van der Waals surface area contributed by atoms with Crippen molar-refractivity contribution in [1.82, 2.24) is 10.3 Å². The van der Waals surface area contributed by atoms with E-state index < -0.39 is 0 Å². The molecule has 0 atom stereocenters. The number of hydrogen-bond donors (Lipinski definition) is 1. The topological polar surface area (TPSA) is 37.4 Å². The van der Waals surface area contributed by atoms with Crippen LogP contribution < -0.4 is 10.2 Å². The average molecular weight is 269 g/mol. The molecule has 0 radical (unpaired) electrons. The molecule has 4 nitrogen and oxygen atoms in total. The van der Waals surface area contributed by atoms with Crippen molar-refractivity contribution < 1.29 is 4.74 Å². The van der Waals surface area contributed by atoms with Gasteiger partial charge in [0.2, 0.25) is 0 Å². The minimum atomic E-state index is 0.755. The van der Waals surface area contributed by atoms with Crippen molar-refractivity contribution in [2.45, 2.75) is 39.3 Å². The van der Waals surface area contributed by atoms with E-state index in [4.69, 9.17) is 4.74 Å². The van der Waals surface area contributed by atoms with Gasteiger partial charge in [-0.3, -0.25) is 0 Å². The van der Waals surface area contributed by atoms with Gasteiger partial charge >= 0.3 is 0 Å². The van der Waals surface area contributed by atoms with E-state index in [9.17, 15) is 0 Å². The summed E-state index contributed by atoms with van der Waals surface area (Å²) in [4.78, 5) is 8.17. The number of hydrogen-bond acceptors (Lipinski definition) is 5. The normalized spacial score (nSPS) is 15.1. The number of aromatic nitrogens is 1. The number of thiazole rings is 1. The highest BCUT2D eigenvalue weighted by Gasteiger charge is 2.21. The maximum atomic E-state index is 5.37. The van der Waals surface area contributed by atoms with E-state index in [0.717, 1.165) is 43.2 Å². The van der Waals surface area contributed by atoms with Gasteiger partial charge in [-0.25, -0.2) is 4.98 Å². The fraction of sp³-hybridized carbons (Fsp3) is 0.769. The average Bonchev–Trinajstić information content (AvgIpc) is 3.10. The number of ether oxygens (including phenoxy) is 1. The van der Waals surface area contributed by atoms with Crippen molar-refractivity contribution in [3.8, 4) is 0 Å². The van der Waals surface area contributed by atoms with Gasteiger partial charge in [0.1, 0.15) is 0 Å². The Balaban J connectivity index is 1.85. The molecule has 1 fully saturated rings. The molecule has 1 aliphatic rings. The van der Waals surface area contributed by atoms with Gasteiger partial charge in [-0.15, -0.1) is 11.3 Å². The molecular weight excluding hydrogens is 246 g/mol. The Hall–Kier alpha value is -0.650. The Morgan fingerprint density at radius 3 is 2.94 bits per heavy atom. The van der Waals surface area contributed by atoms with E-state index in [1.165, 1.54) is 17.7 Å². The van der Waals surface area contributed by atoms with Crippen molar-refractivity contribution in [2.24, 2.45) is 0 Å². The number of nitrogens with zero attached hydrogens (tertiary/aromatic N) is 2. The van der Waals surface area contributed by atoms with E-state index in [2.05, 4.69) is 29.2 Å². The van der Waals surface area contributed by atoms with Gasteiger partial charge in [0.25, 0.3) is 0 Å². The van der Waals surface area contributed by atoms with Crippen LogP contribution in [-0.4, -0.2) is 37.8 Å². The second kappa shape index (κ2) is 6.50. The molecular formula is C13H23N3OS. The second-order valence-electron chi connectivity index (χ2n) is 4.78. The van der Waals surface area contributed by atoms with Crippen LogP contribution in [0.25, 0.3) is 0 Å². The molecule has 1 aromatic heterocycles. The van der Waals surface area contributed by atoms with Crippen molar-refractivity contribution in [3.63, 3.8) is 0 Å². The zero-order valence-electron chi connectivity index (χ0n) is 11.5. The first kappa shape index (κ1) is 13.8. The van der Waals surface area contributed by atoms with E-state index >= 15 is 0 Å². The molecule has 0 aromatic carbocycles. The van der Waals surface area contributed by atoms with Crippen LogP contribution in [0.4, 0.5) is 5.13 Å². The zero-order valence-corrected chi connectivity index (χ0v) is 12.3. The molecule has 0 bridgehead atoms. The molecule has 1 aliphatic carbocycles. The first-order valence-corrected chi connectivity index (χ1v) is 7.51. The highest BCUT2D eigenvalue weighted by Crippen LogP contribution is 2.26.